The van der Waals surface area contributed by atoms with Gasteiger partial charge in [0.2, 0.25) is 0 Å². The predicted octanol–water partition coefficient (Wildman–Crippen LogP) is 5.08. The molecule has 2 bridgehead atoms. The van der Waals surface area contributed by atoms with Crippen molar-refractivity contribution in [3.63, 3.8) is 0 Å². The van der Waals surface area contributed by atoms with Crippen molar-refractivity contribution in [2.24, 2.45) is 11.3 Å². The highest BCUT2D eigenvalue weighted by molar-refractivity contribution is 6.31. The van der Waals surface area contributed by atoms with E-state index in [1.54, 1.807) is 13.0 Å². The third-order valence-electron chi connectivity index (χ3n) is 11.8. The molecule has 0 radical (unpaired) electrons. The zero-order valence-corrected chi connectivity index (χ0v) is 24.6. The number of fused-ring (bicyclic) bond motifs is 9. The molecule has 3 N–H and O–H groups in total. The molecule has 7 nitrogen and oxygen atoms in total. The molecular weight excluding hydrogens is 530 g/mol. The van der Waals surface area contributed by atoms with E-state index in [-0.39, 0.29) is 11.2 Å². The number of H-pyrrole nitrogens is 1. The van der Waals surface area contributed by atoms with Gasteiger partial charge in [-0.25, -0.2) is 4.79 Å². The van der Waals surface area contributed by atoms with E-state index >= 15 is 0 Å². The molecule has 2 saturated carbocycles. The van der Waals surface area contributed by atoms with Crippen molar-refractivity contribution in [3.8, 4) is 0 Å². The molecule has 5 aliphatic rings. The van der Waals surface area contributed by atoms with Crippen LogP contribution >= 0.6 is 11.6 Å². The quantitative estimate of drug-likeness (QED) is 0.437. The maximum Gasteiger partial charge on any atom is 0.338 e. The second-order valence-electron chi connectivity index (χ2n) is 14.2. The van der Waals surface area contributed by atoms with E-state index < -0.39 is 39.9 Å². The van der Waals surface area contributed by atoms with Crippen LogP contribution in [0.5, 0.6) is 0 Å². The third-order valence-corrected chi connectivity index (χ3v) is 12.1. The number of nitrogens with one attached hydrogen (secondary N) is 1. The predicted molar refractivity (Wildman–Crippen MR) is 150 cm³/mol. The van der Waals surface area contributed by atoms with E-state index in [1.165, 1.54) is 30.5 Å². The van der Waals surface area contributed by atoms with Crippen LogP contribution in [0.3, 0.4) is 0 Å². The first kappa shape index (κ1) is 26.7. The molecule has 1 aromatic carbocycles. The number of esters is 1. The van der Waals surface area contributed by atoms with E-state index in [2.05, 4.69) is 24.9 Å². The number of aliphatic hydroxyl groups is 2. The van der Waals surface area contributed by atoms with Gasteiger partial charge in [-0.15, -0.1) is 0 Å². The van der Waals surface area contributed by atoms with Crippen LogP contribution < -0.4 is 0 Å². The molecule has 3 fully saturated rings. The lowest BCUT2D eigenvalue weighted by Gasteiger charge is -2.68. The minimum absolute atomic E-state index is 0.298. The first-order valence-electron chi connectivity index (χ1n) is 14.5. The van der Waals surface area contributed by atoms with Crippen LogP contribution in [-0.2, 0) is 30.9 Å². The Morgan fingerprint density at radius 1 is 1.15 bits per heavy atom. The lowest BCUT2D eigenvalue weighted by molar-refractivity contribution is -0.255. The molecule has 0 unspecified atom stereocenters. The van der Waals surface area contributed by atoms with Crippen molar-refractivity contribution < 1.29 is 29.3 Å². The lowest BCUT2D eigenvalue weighted by atomic mass is 9.40. The summed E-state index contributed by atoms with van der Waals surface area (Å²) < 4.78 is 12.4. The second kappa shape index (κ2) is 7.80. The van der Waals surface area contributed by atoms with Crippen LogP contribution in [0.25, 0.3) is 10.9 Å². The number of hydrogen-bond donors (Lipinski definition) is 3. The number of ketones is 1. The summed E-state index contributed by atoms with van der Waals surface area (Å²) in [4.78, 5) is 30.0. The Morgan fingerprint density at radius 2 is 1.88 bits per heavy atom. The standard InChI is InChI=1S/C32H38ClNO6/c1-27(2,37)26(36)40-28(3)10-12-31-13-11-29(4)30(5)17(8-9-32(29,38)23(31)16-22(35)25(28)39-31)14-20-19-7-6-18(33)15-21(19)34-24(20)30/h6-7,15-17,25,34,37-38H,8-14H2,1-5H3/t17-,25-,28-,29+,30+,31+,32+/m0/s1. The SMILES string of the molecule is CC(C)(O)C(=O)O[C@@]1(C)CC[C@@]23CC[C@@]4(C)[C@@](O)(CC[C@H]5Cc6c([nH]c7cc(Cl)ccc67)[C@@]54C)C2=CC(=O)[C@@H]1O3. The van der Waals surface area contributed by atoms with Crippen LogP contribution in [0.1, 0.15) is 84.4 Å². The summed E-state index contributed by atoms with van der Waals surface area (Å²) in [5, 5.41) is 24.9. The highest BCUT2D eigenvalue weighted by Gasteiger charge is 2.73. The van der Waals surface area contributed by atoms with Crippen molar-refractivity contribution in [2.45, 2.75) is 113 Å². The number of rotatable bonds is 2. The molecule has 7 atom stereocenters. The number of carbonyl (C=O) groups excluding carboxylic acids is 2. The minimum atomic E-state index is -1.68. The summed E-state index contributed by atoms with van der Waals surface area (Å²) in [7, 11) is 0. The van der Waals surface area contributed by atoms with Gasteiger partial charge in [0, 0.05) is 32.4 Å². The highest BCUT2D eigenvalue weighted by Crippen LogP contribution is 2.71. The molecule has 0 amide bonds. The molecule has 2 aliphatic heterocycles. The van der Waals surface area contributed by atoms with Crippen molar-refractivity contribution in [2.75, 3.05) is 0 Å². The number of aromatic nitrogens is 1. The maximum absolute atomic E-state index is 13.7. The maximum atomic E-state index is 13.7. The summed E-state index contributed by atoms with van der Waals surface area (Å²) >= 11 is 6.33. The van der Waals surface area contributed by atoms with Gasteiger partial charge in [-0.05, 0) is 101 Å². The fourth-order valence-corrected chi connectivity index (χ4v) is 9.42. The average Bonchev–Trinajstić information content (AvgIpc) is 3.37. The minimum Gasteiger partial charge on any atom is -0.454 e. The number of benzene rings is 1. The summed E-state index contributed by atoms with van der Waals surface area (Å²) in [6, 6.07) is 6.01. The summed E-state index contributed by atoms with van der Waals surface area (Å²) in [6.07, 6.45) is 5.31. The summed E-state index contributed by atoms with van der Waals surface area (Å²) in [5.74, 6) is -0.707. The number of aromatic amines is 1. The van der Waals surface area contributed by atoms with Crippen LogP contribution in [0.15, 0.2) is 29.8 Å². The van der Waals surface area contributed by atoms with Gasteiger partial charge in [-0.1, -0.05) is 31.5 Å². The first-order valence-corrected chi connectivity index (χ1v) is 14.9. The Labute approximate surface area is 239 Å². The average molecular weight is 568 g/mol. The van der Waals surface area contributed by atoms with Gasteiger partial charge in [0.1, 0.15) is 5.60 Å². The van der Waals surface area contributed by atoms with Gasteiger partial charge in [0.05, 0.1) is 11.2 Å². The summed E-state index contributed by atoms with van der Waals surface area (Å²) in [6.45, 7) is 8.95. The summed E-state index contributed by atoms with van der Waals surface area (Å²) in [5.41, 5.74) is -1.56. The van der Waals surface area contributed by atoms with Gasteiger partial charge < -0.3 is 24.7 Å². The largest absolute Gasteiger partial charge is 0.454 e. The number of hydrogen-bond acceptors (Lipinski definition) is 6. The Hall–Kier alpha value is -2.19. The van der Waals surface area contributed by atoms with Gasteiger partial charge in [0.25, 0.3) is 0 Å². The van der Waals surface area contributed by atoms with Crippen LogP contribution in [-0.4, -0.2) is 55.5 Å². The smallest absolute Gasteiger partial charge is 0.338 e. The molecule has 7 rings (SSSR count). The molecule has 1 spiro atoms. The number of carbonyl (C=O) groups is 2. The van der Waals surface area contributed by atoms with E-state index in [1.807, 2.05) is 12.1 Å². The highest BCUT2D eigenvalue weighted by atomic mass is 35.5. The zero-order valence-electron chi connectivity index (χ0n) is 23.8. The van der Waals surface area contributed by atoms with Crippen molar-refractivity contribution in [1.82, 2.24) is 4.98 Å². The van der Waals surface area contributed by atoms with Crippen molar-refractivity contribution >= 4 is 34.3 Å². The topological polar surface area (TPSA) is 109 Å². The molecule has 3 aliphatic carbocycles. The van der Waals surface area contributed by atoms with Gasteiger partial charge in [-0.2, -0.15) is 0 Å². The fourth-order valence-electron chi connectivity index (χ4n) is 9.25. The van der Waals surface area contributed by atoms with Crippen molar-refractivity contribution in [1.29, 1.82) is 0 Å². The Balaban J connectivity index is 1.31. The van der Waals surface area contributed by atoms with Gasteiger partial charge in [0.15, 0.2) is 17.5 Å². The van der Waals surface area contributed by atoms with Crippen molar-refractivity contribution in [3.05, 3.63) is 46.1 Å². The van der Waals surface area contributed by atoms with Crippen LogP contribution in [0.4, 0.5) is 0 Å². The van der Waals surface area contributed by atoms with E-state index in [0.717, 1.165) is 24.8 Å². The molecule has 1 saturated heterocycles. The third kappa shape index (κ3) is 3.07. The lowest BCUT2D eigenvalue weighted by Crippen LogP contribution is -2.72. The normalized spacial score (nSPS) is 42.0. The molecule has 2 aromatic rings. The molecule has 8 heteroatoms. The van der Waals surface area contributed by atoms with Crippen LogP contribution in [0, 0.1) is 11.3 Å². The number of halogens is 1. The molecule has 214 valence electrons. The number of ether oxygens (including phenoxy) is 2. The Bertz CT molecular complexity index is 1520. The first-order chi connectivity index (χ1) is 18.6. The monoisotopic (exact) mass is 567 g/mol. The van der Waals surface area contributed by atoms with Crippen LogP contribution in [0.2, 0.25) is 5.02 Å². The molecular formula is C32H38ClNO6. The second-order valence-corrected chi connectivity index (χ2v) is 14.7. The molecule has 1 aromatic heterocycles. The van der Waals surface area contributed by atoms with Gasteiger partial charge in [-0.3, -0.25) is 4.79 Å². The van der Waals surface area contributed by atoms with E-state index in [4.69, 9.17) is 21.1 Å². The van der Waals surface area contributed by atoms with E-state index in [0.29, 0.717) is 42.2 Å². The Morgan fingerprint density at radius 3 is 2.60 bits per heavy atom. The zero-order chi connectivity index (χ0) is 28.7. The Kier molecular flexibility index (Phi) is 5.20. The molecule has 40 heavy (non-hydrogen) atoms. The fraction of sp³-hybridized carbons (Fsp3) is 0.625. The van der Waals surface area contributed by atoms with Gasteiger partial charge >= 0.3 is 5.97 Å². The molecule has 3 heterocycles. The van der Waals surface area contributed by atoms with E-state index in [9.17, 15) is 19.8 Å².